The Bertz CT molecular complexity index is 1050. The smallest absolute Gasteiger partial charge is 0.251 e. The average molecular weight is 375 g/mol. The van der Waals surface area contributed by atoms with Gasteiger partial charge in [-0.15, -0.1) is 11.3 Å². The fourth-order valence-corrected chi connectivity index (χ4v) is 3.77. The summed E-state index contributed by atoms with van der Waals surface area (Å²) < 4.78 is 1.95. The van der Waals surface area contributed by atoms with Crippen LogP contribution in [-0.2, 0) is 13.0 Å². The summed E-state index contributed by atoms with van der Waals surface area (Å²) in [6, 6.07) is 18.3. The molecule has 4 rings (SSSR count). The highest BCUT2D eigenvalue weighted by atomic mass is 32.1. The standard InChI is InChI=1S/C22H21N3OS/c1-16-4-6-17(7-5-16)15-25-21-13-18(8-9-19(21)14-24-25)22(26)23-11-10-20-3-2-12-27-20/h2-9,12-14H,10-11,15H2,1H3,(H,23,26). The molecule has 27 heavy (non-hydrogen) atoms. The number of hydrogen-bond donors (Lipinski definition) is 1. The SMILES string of the molecule is Cc1ccc(Cn2ncc3ccc(C(=O)NCCc4cccs4)cc32)cc1. The molecule has 0 aliphatic carbocycles. The highest BCUT2D eigenvalue weighted by Gasteiger charge is 2.10. The van der Waals surface area contributed by atoms with Gasteiger partial charge >= 0.3 is 0 Å². The van der Waals surface area contributed by atoms with Crippen molar-refractivity contribution in [2.24, 2.45) is 0 Å². The number of aryl methyl sites for hydroxylation is 1. The lowest BCUT2D eigenvalue weighted by Crippen LogP contribution is -2.25. The van der Waals surface area contributed by atoms with E-state index in [0.29, 0.717) is 18.7 Å². The topological polar surface area (TPSA) is 46.9 Å². The maximum Gasteiger partial charge on any atom is 0.251 e. The summed E-state index contributed by atoms with van der Waals surface area (Å²) >= 11 is 1.71. The Morgan fingerprint density at radius 1 is 1.15 bits per heavy atom. The maximum absolute atomic E-state index is 12.5. The normalized spacial score (nSPS) is 11.0. The number of aromatic nitrogens is 2. The van der Waals surface area contributed by atoms with Crippen LogP contribution in [0.2, 0.25) is 0 Å². The van der Waals surface area contributed by atoms with E-state index in [1.165, 1.54) is 16.0 Å². The van der Waals surface area contributed by atoms with Gasteiger partial charge in [-0.3, -0.25) is 9.48 Å². The van der Waals surface area contributed by atoms with Gasteiger partial charge in [-0.1, -0.05) is 42.0 Å². The molecule has 4 aromatic rings. The molecular weight excluding hydrogens is 354 g/mol. The zero-order valence-corrected chi connectivity index (χ0v) is 16.0. The Kier molecular flexibility index (Phi) is 5.03. The van der Waals surface area contributed by atoms with Crippen LogP contribution >= 0.6 is 11.3 Å². The Morgan fingerprint density at radius 3 is 2.78 bits per heavy atom. The van der Waals surface area contributed by atoms with Gasteiger partial charge in [0.1, 0.15) is 0 Å². The van der Waals surface area contributed by atoms with Crippen LogP contribution in [0.4, 0.5) is 0 Å². The molecule has 4 nitrogen and oxygen atoms in total. The lowest BCUT2D eigenvalue weighted by atomic mass is 10.1. The molecule has 0 atom stereocenters. The molecule has 0 radical (unpaired) electrons. The van der Waals surface area contributed by atoms with Gasteiger partial charge in [0.25, 0.3) is 5.91 Å². The molecule has 2 aromatic carbocycles. The van der Waals surface area contributed by atoms with Gasteiger partial charge in [-0.2, -0.15) is 5.10 Å². The quantitative estimate of drug-likeness (QED) is 0.542. The van der Waals surface area contributed by atoms with E-state index in [0.717, 1.165) is 17.3 Å². The number of carbonyl (C=O) groups excluding carboxylic acids is 1. The van der Waals surface area contributed by atoms with E-state index in [9.17, 15) is 4.79 Å². The van der Waals surface area contributed by atoms with E-state index in [4.69, 9.17) is 0 Å². The minimum absolute atomic E-state index is 0.0449. The summed E-state index contributed by atoms with van der Waals surface area (Å²) in [5.74, 6) is -0.0449. The number of benzene rings is 2. The monoisotopic (exact) mass is 375 g/mol. The van der Waals surface area contributed by atoms with Crippen molar-refractivity contribution < 1.29 is 4.79 Å². The van der Waals surface area contributed by atoms with E-state index in [1.807, 2.05) is 35.1 Å². The van der Waals surface area contributed by atoms with Crippen molar-refractivity contribution >= 4 is 28.1 Å². The molecule has 136 valence electrons. The molecule has 0 aliphatic rings. The van der Waals surface area contributed by atoms with Crippen LogP contribution in [0.3, 0.4) is 0 Å². The van der Waals surface area contributed by atoms with Crippen molar-refractivity contribution in [2.45, 2.75) is 19.9 Å². The lowest BCUT2D eigenvalue weighted by Gasteiger charge is -2.07. The Labute approximate surface area is 162 Å². The summed E-state index contributed by atoms with van der Waals surface area (Å²) in [6.45, 7) is 3.41. The number of rotatable bonds is 6. The number of thiophene rings is 1. The summed E-state index contributed by atoms with van der Waals surface area (Å²) in [5.41, 5.74) is 4.07. The Morgan fingerprint density at radius 2 is 2.00 bits per heavy atom. The van der Waals surface area contributed by atoms with Crippen LogP contribution in [-0.4, -0.2) is 22.2 Å². The van der Waals surface area contributed by atoms with Crippen molar-refractivity contribution in [1.29, 1.82) is 0 Å². The number of carbonyl (C=O) groups is 1. The minimum atomic E-state index is -0.0449. The first-order valence-corrected chi connectivity index (χ1v) is 9.89. The van der Waals surface area contributed by atoms with Crippen molar-refractivity contribution in [3.63, 3.8) is 0 Å². The number of amides is 1. The van der Waals surface area contributed by atoms with Crippen molar-refractivity contribution in [1.82, 2.24) is 15.1 Å². The van der Waals surface area contributed by atoms with Crippen molar-refractivity contribution in [2.75, 3.05) is 6.54 Å². The van der Waals surface area contributed by atoms with E-state index in [-0.39, 0.29) is 5.91 Å². The van der Waals surface area contributed by atoms with Crippen LogP contribution in [0.5, 0.6) is 0 Å². The molecule has 0 spiro atoms. The summed E-state index contributed by atoms with van der Waals surface area (Å²) in [5, 5.41) is 10.6. The second kappa shape index (κ2) is 7.76. The molecule has 0 saturated carbocycles. The first kappa shape index (κ1) is 17.5. The molecule has 2 heterocycles. The van der Waals surface area contributed by atoms with Gasteiger partial charge < -0.3 is 5.32 Å². The summed E-state index contributed by atoms with van der Waals surface area (Å²) in [7, 11) is 0. The molecule has 0 saturated heterocycles. The fourth-order valence-electron chi connectivity index (χ4n) is 3.06. The molecule has 5 heteroatoms. The van der Waals surface area contributed by atoms with Gasteiger partial charge in [0.2, 0.25) is 0 Å². The van der Waals surface area contributed by atoms with Gasteiger partial charge in [0.05, 0.1) is 18.3 Å². The molecule has 1 amide bonds. The number of hydrogen-bond acceptors (Lipinski definition) is 3. The highest BCUT2D eigenvalue weighted by Crippen LogP contribution is 2.18. The first-order valence-electron chi connectivity index (χ1n) is 9.01. The third-order valence-electron chi connectivity index (χ3n) is 4.60. The molecule has 0 unspecified atom stereocenters. The fraction of sp³-hybridized carbons (Fsp3) is 0.182. The van der Waals surface area contributed by atoms with E-state index < -0.39 is 0 Å². The van der Waals surface area contributed by atoms with Crippen LogP contribution in [0.15, 0.2) is 66.2 Å². The van der Waals surface area contributed by atoms with Crippen molar-refractivity contribution in [3.05, 3.63) is 87.7 Å². The molecule has 1 N–H and O–H groups in total. The second-order valence-corrected chi connectivity index (χ2v) is 7.68. The predicted molar refractivity (Wildman–Crippen MR) is 110 cm³/mol. The zero-order valence-electron chi connectivity index (χ0n) is 15.2. The maximum atomic E-state index is 12.5. The third kappa shape index (κ3) is 4.09. The van der Waals surface area contributed by atoms with Gasteiger partial charge in [-0.05, 0) is 42.5 Å². The van der Waals surface area contributed by atoms with E-state index in [1.54, 1.807) is 11.3 Å². The van der Waals surface area contributed by atoms with Crippen LogP contribution in [0.1, 0.15) is 26.4 Å². The molecule has 0 aliphatic heterocycles. The summed E-state index contributed by atoms with van der Waals surface area (Å²) in [4.78, 5) is 13.8. The molecular formula is C22H21N3OS. The van der Waals surface area contributed by atoms with Crippen LogP contribution < -0.4 is 5.32 Å². The van der Waals surface area contributed by atoms with Gasteiger partial charge in [-0.25, -0.2) is 0 Å². The minimum Gasteiger partial charge on any atom is -0.352 e. The molecule has 0 bridgehead atoms. The van der Waals surface area contributed by atoms with Crippen molar-refractivity contribution in [3.8, 4) is 0 Å². The zero-order chi connectivity index (χ0) is 18.6. The Hall–Kier alpha value is -2.92. The third-order valence-corrected chi connectivity index (χ3v) is 5.53. The summed E-state index contributed by atoms with van der Waals surface area (Å²) in [6.07, 6.45) is 2.71. The Balaban J connectivity index is 1.48. The molecule has 2 aromatic heterocycles. The number of nitrogens with one attached hydrogen (secondary N) is 1. The molecule has 0 fully saturated rings. The number of fused-ring (bicyclic) bond motifs is 1. The van der Waals surface area contributed by atoms with Crippen LogP contribution in [0, 0.1) is 6.92 Å². The second-order valence-electron chi connectivity index (χ2n) is 6.65. The van der Waals surface area contributed by atoms with Crippen LogP contribution in [0.25, 0.3) is 10.9 Å². The average Bonchev–Trinajstić information content (AvgIpc) is 3.33. The van der Waals surface area contributed by atoms with Gasteiger partial charge in [0.15, 0.2) is 0 Å². The predicted octanol–water partition coefficient (Wildman–Crippen LogP) is 4.43. The van der Waals surface area contributed by atoms with E-state index >= 15 is 0 Å². The number of nitrogens with zero attached hydrogens (tertiary/aromatic N) is 2. The highest BCUT2D eigenvalue weighted by molar-refractivity contribution is 7.09. The van der Waals surface area contributed by atoms with E-state index in [2.05, 4.69) is 53.1 Å². The lowest BCUT2D eigenvalue weighted by molar-refractivity contribution is 0.0954. The largest absolute Gasteiger partial charge is 0.352 e. The first-order chi connectivity index (χ1) is 13.2. The van der Waals surface area contributed by atoms with Gasteiger partial charge in [0, 0.05) is 22.4 Å².